The van der Waals surface area contributed by atoms with Gasteiger partial charge in [-0.3, -0.25) is 9.79 Å². The molecular weight excluding hydrogens is 292 g/mol. The summed E-state index contributed by atoms with van der Waals surface area (Å²) in [6.07, 6.45) is 0. The van der Waals surface area contributed by atoms with E-state index in [1.165, 1.54) is 5.56 Å². The second-order valence-corrected chi connectivity index (χ2v) is 5.62. The van der Waals surface area contributed by atoms with E-state index < -0.39 is 0 Å². The van der Waals surface area contributed by atoms with E-state index >= 15 is 0 Å². The Morgan fingerprint density at radius 2 is 1.83 bits per heavy atom. The summed E-state index contributed by atoms with van der Waals surface area (Å²) in [4.78, 5) is 17.8. The molecule has 0 aromatic heterocycles. The number of nitrogens with one attached hydrogen (secondary N) is 2. The van der Waals surface area contributed by atoms with Gasteiger partial charge in [0, 0.05) is 39.6 Å². The number of amides is 1. The number of ether oxygens (including phenoxy) is 1. The maximum absolute atomic E-state index is 11.5. The van der Waals surface area contributed by atoms with Crippen LogP contribution in [0, 0.1) is 5.92 Å². The van der Waals surface area contributed by atoms with Crippen LogP contribution in [0.4, 0.5) is 0 Å². The minimum Gasteiger partial charge on any atom is -0.497 e. The van der Waals surface area contributed by atoms with Crippen LogP contribution >= 0.6 is 0 Å². The Labute approximate surface area is 138 Å². The third kappa shape index (κ3) is 6.59. The maximum Gasteiger partial charge on any atom is 0.222 e. The lowest BCUT2D eigenvalue weighted by Crippen LogP contribution is -2.42. The Morgan fingerprint density at radius 3 is 2.35 bits per heavy atom. The van der Waals surface area contributed by atoms with Gasteiger partial charge < -0.3 is 20.3 Å². The molecule has 1 rings (SSSR count). The van der Waals surface area contributed by atoms with Crippen LogP contribution in [0.3, 0.4) is 0 Å². The van der Waals surface area contributed by atoms with Gasteiger partial charge in [0.15, 0.2) is 5.96 Å². The predicted molar refractivity (Wildman–Crippen MR) is 93.7 cm³/mol. The lowest BCUT2D eigenvalue weighted by atomic mass is 10.2. The second kappa shape index (κ2) is 9.71. The van der Waals surface area contributed by atoms with Gasteiger partial charge in [-0.15, -0.1) is 0 Å². The zero-order valence-electron chi connectivity index (χ0n) is 14.7. The quantitative estimate of drug-likeness (QED) is 0.454. The highest BCUT2D eigenvalue weighted by Gasteiger charge is 2.08. The molecule has 128 valence electrons. The van der Waals surface area contributed by atoms with Crippen LogP contribution < -0.4 is 15.4 Å². The number of benzene rings is 1. The number of guanidine groups is 1. The number of hydrogen-bond donors (Lipinski definition) is 2. The zero-order chi connectivity index (χ0) is 17.2. The molecule has 0 saturated heterocycles. The molecule has 0 unspecified atom stereocenters. The Bertz CT molecular complexity index is 512. The van der Waals surface area contributed by atoms with Crippen molar-refractivity contribution in [2.75, 3.05) is 34.3 Å². The van der Waals surface area contributed by atoms with Gasteiger partial charge in [0.2, 0.25) is 5.91 Å². The number of methoxy groups -OCH3 is 1. The summed E-state index contributed by atoms with van der Waals surface area (Å²) in [5.41, 5.74) is 1.17. The number of aliphatic imine (C=N–C) groups is 1. The molecule has 0 aliphatic carbocycles. The Morgan fingerprint density at radius 1 is 1.22 bits per heavy atom. The SMILES string of the molecule is CN=C(NCCNC(=O)C(C)C)N(C)Cc1ccc(OC)cc1. The van der Waals surface area contributed by atoms with E-state index in [0.717, 1.165) is 18.3 Å². The van der Waals surface area contributed by atoms with Crippen molar-refractivity contribution in [3.05, 3.63) is 29.8 Å². The normalized spacial score (nSPS) is 11.3. The van der Waals surface area contributed by atoms with Gasteiger partial charge in [0.25, 0.3) is 0 Å². The molecule has 0 saturated carbocycles. The van der Waals surface area contributed by atoms with Crippen molar-refractivity contribution in [3.63, 3.8) is 0 Å². The predicted octanol–water partition coefficient (Wildman–Crippen LogP) is 1.47. The zero-order valence-corrected chi connectivity index (χ0v) is 14.7. The van der Waals surface area contributed by atoms with E-state index in [9.17, 15) is 4.79 Å². The van der Waals surface area contributed by atoms with Gasteiger partial charge in [0.05, 0.1) is 7.11 Å². The van der Waals surface area contributed by atoms with Crippen molar-refractivity contribution in [2.24, 2.45) is 10.9 Å². The highest BCUT2D eigenvalue weighted by atomic mass is 16.5. The fourth-order valence-electron chi connectivity index (χ4n) is 2.03. The van der Waals surface area contributed by atoms with Crippen molar-refractivity contribution in [1.29, 1.82) is 0 Å². The van der Waals surface area contributed by atoms with Gasteiger partial charge in [-0.2, -0.15) is 0 Å². The highest BCUT2D eigenvalue weighted by Crippen LogP contribution is 2.12. The molecule has 0 heterocycles. The molecule has 0 aliphatic rings. The molecule has 6 heteroatoms. The summed E-state index contributed by atoms with van der Waals surface area (Å²) in [5.74, 6) is 1.71. The van der Waals surface area contributed by atoms with Crippen LogP contribution in [0.15, 0.2) is 29.3 Å². The fourth-order valence-corrected chi connectivity index (χ4v) is 2.03. The average Bonchev–Trinajstić information content (AvgIpc) is 2.55. The van der Waals surface area contributed by atoms with E-state index in [0.29, 0.717) is 13.1 Å². The minimum absolute atomic E-state index is 0.00654. The molecule has 23 heavy (non-hydrogen) atoms. The number of carbonyl (C=O) groups excluding carboxylic acids is 1. The number of rotatable bonds is 7. The lowest BCUT2D eigenvalue weighted by Gasteiger charge is -2.22. The topological polar surface area (TPSA) is 66.0 Å². The van der Waals surface area contributed by atoms with Gasteiger partial charge in [-0.1, -0.05) is 26.0 Å². The number of hydrogen-bond acceptors (Lipinski definition) is 3. The Hall–Kier alpha value is -2.24. The van der Waals surface area contributed by atoms with Crippen molar-refractivity contribution in [1.82, 2.24) is 15.5 Å². The third-order valence-electron chi connectivity index (χ3n) is 3.38. The van der Waals surface area contributed by atoms with Gasteiger partial charge >= 0.3 is 0 Å². The third-order valence-corrected chi connectivity index (χ3v) is 3.38. The Kier molecular flexibility index (Phi) is 7.94. The van der Waals surface area contributed by atoms with Crippen molar-refractivity contribution in [2.45, 2.75) is 20.4 Å². The van der Waals surface area contributed by atoms with Crippen LogP contribution in [0.5, 0.6) is 5.75 Å². The van der Waals surface area contributed by atoms with Crippen molar-refractivity contribution < 1.29 is 9.53 Å². The molecule has 6 nitrogen and oxygen atoms in total. The van der Waals surface area contributed by atoms with Crippen LogP contribution in [0.1, 0.15) is 19.4 Å². The molecule has 2 N–H and O–H groups in total. The van der Waals surface area contributed by atoms with Gasteiger partial charge in [-0.05, 0) is 17.7 Å². The smallest absolute Gasteiger partial charge is 0.222 e. The lowest BCUT2D eigenvalue weighted by molar-refractivity contribution is -0.123. The van der Waals surface area contributed by atoms with E-state index in [1.807, 2.05) is 50.1 Å². The van der Waals surface area contributed by atoms with E-state index in [1.54, 1.807) is 14.2 Å². The summed E-state index contributed by atoms with van der Waals surface area (Å²) < 4.78 is 5.16. The molecule has 1 aromatic rings. The summed E-state index contributed by atoms with van der Waals surface area (Å²) in [6, 6.07) is 7.96. The number of carbonyl (C=O) groups is 1. The molecule has 1 amide bonds. The van der Waals surface area contributed by atoms with Gasteiger partial charge in [0.1, 0.15) is 5.75 Å². The fraction of sp³-hybridized carbons (Fsp3) is 0.529. The largest absolute Gasteiger partial charge is 0.497 e. The van der Waals surface area contributed by atoms with Crippen molar-refractivity contribution >= 4 is 11.9 Å². The first-order valence-electron chi connectivity index (χ1n) is 7.80. The highest BCUT2D eigenvalue weighted by molar-refractivity contribution is 5.80. The van der Waals surface area contributed by atoms with Crippen LogP contribution in [0.2, 0.25) is 0 Å². The average molecular weight is 320 g/mol. The molecule has 0 aliphatic heterocycles. The van der Waals surface area contributed by atoms with Crippen molar-refractivity contribution in [3.8, 4) is 5.75 Å². The summed E-state index contributed by atoms with van der Waals surface area (Å²) in [5, 5.41) is 6.12. The molecule has 0 spiro atoms. The van der Waals surface area contributed by atoms with Crippen LogP contribution in [-0.2, 0) is 11.3 Å². The van der Waals surface area contributed by atoms with E-state index in [2.05, 4.69) is 15.6 Å². The van der Waals surface area contributed by atoms with E-state index in [4.69, 9.17) is 4.74 Å². The summed E-state index contributed by atoms with van der Waals surface area (Å²) in [6.45, 7) is 5.71. The molecule has 0 radical (unpaired) electrons. The number of nitrogens with zero attached hydrogens (tertiary/aromatic N) is 2. The van der Waals surface area contributed by atoms with E-state index in [-0.39, 0.29) is 11.8 Å². The monoisotopic (exact) mass is 320 g/mol. The Balaban J connectivity index is 2.42. The molecule has 0 fully saturated rings. The standard InChI is InChI=1S/C17H28N4O2/c1-13(2)16(22)19-10-11-20-17(18-3)21(4)12-14-6-8-15(23-5)9-7-14/h6-9,13H,10-12H2,1-5H3,(H,18,20)(H,19,22). The molecule has 0 bridgehead atoms. The molecule has 0 atom stereocenters. The first-order chi connectivity index (χ1) is 11.0. The molecular formula is C17H28N4O2. The minimum atomic E-state index is 0.00654. The summed E-state index contributed by atoms with van der Waals surface area (Å²) in [7, 11) is 5.39. The summed E-state index contributed by atoms with van der Waals surface area (Å²) >= 11 is 0. The van der Waals surface area contributed by atoms with Crippen LogP contribution in [-0.4, -0.2) is 51.1 Å². The maximum atomic E-state index is 11.5. The first kappa shape index (κ1) is 18.8. The van der Waals surface area contributed by atoms with Gasteiger partial charge in [-0.25, -0.2) is 0 Å². The second-order valence-electron chi connectivity index (χ2n) is 5.62. The first-order valence-corrected chi connectivity index (χ1v) is 7.80. The molecule has 1 aromatic carbocycles. The van der Waals surface area contributed by atoms with Crippen LogP contribution in [0.25, 0.3) is 0 Å².